The number of benzene rings is 2. The second-order valence-electron chi connectivity index (χ2n) is 4.65. The molecular formula is C17H20ClN. The first-order chi connectivity index (χ1) is 9.31. The molecule has 0 saturated carbocycles. The van der Waals surface area contributed by atoms with Crippen LogP contribution in [0.1, 0.15) is 30.5 Å². The highest BCUT2D eigenvalue weighted by molar-refractivity contribution is 6.31. The van der Waals surface area contributed by atoms with E-state index in [1.165, 1.54) is 11.1 Å². The van der Waals surface area contributed by atoms with Gasteiger partial charge in [-0.15, -0.1) is 0 Å². The molecule has 1 atom stereocenters. The van der Waals surface area contributed by atoms with Crippen molar-refractivity contribution in [3.8, 4) is 0 Å². The summed E-state index contributed by atoms with van der Waals surface area (Å²) in [7, 11) is 0. The second-order valence-corrected chi connectivity index (χ2v) is 5.06. The molecule has 2 rings (SSSR count). The standard InChI is InChI=1S/C17H20ClN/c1-2-19-17(15-9-4-3-5-10-15)13-12-14-8-6-7-11-16(14)18/h3-11,17,19H,2,12-13H2,1H3. The van der Waals surface area contributed by atoms with Gasteiger partial charge in [0, 0.05) is 11.1 Å². The number of aryl methyl sites for hydroxylation is 1. The summed E-state index contributed by atoms with van der Waals surface area (Å²) < 4.78 is 0. The molecule has 0 fully saturated rings. The maximum Gasteiger partial charge on any atom is 0.0437 e. The van der Waals surface area contributed by atoms with Crippen molar-refractivity contribution >= 4 is 11.6 Å². The second kappa shape index (κ2) is 7.32. The van der Waals surface area contributed by atoms with E-state index in [1.807, 2.05) is 18.2 Å². The summed E-state index contributed by atoms with van der Waals surface area (Å²) >= 11 is 6.21. The van der Waals surface area contributed by atoms with Crippen molar-refractivity contribution in [3.63, 3.8) is 0 Å². The number of hydrogen-bond acceptors (Lipinski definition) is 1. The summed E-state index contributed by atoms with van der Waals surface area (Å²) in [5.41, 5.74) is 2.57. The van der Waals surface area contributed by atoms with Gasteiger partial charge in [0.2, 0.25) is 0 Å². The van der Waals surface area contributed by atoms with E-state index in [2.05, 4.69) is 48.6 Å². The van der Waals surface area contributed by atoms with Gasteiger partial charge >= 0.3 is 0 Å². The molecule has 0 saturated heterocycles. The Morgan fingerprint density at radius 1 is 1.00 bits per heavy atom. The van der Waals surface area contributed by atoms with E-state index in [0.717, 1.165) is 24.4 Å². The van der Waals surface area contributed by atoms with Crippen LogP contribution in [0.2, 0.25) is 5.02 Å². The van der Waals surface area contributed by atoms with Crippen molar-refractivity contribution in [1.29, 1.82) is 0 Å². The Hall–Kier alpha value is -1.31. The fraction of sp³-hybridized carbons (Fsp3) is 0.294. The third-order valence-corrected chi connectivity index (χ3v) is 3.68. The molecule has 0 amide bonds. The van der Waals surface area contributed by atoms with E-state index in [-0.39, 0.29) is 0 Å². The lowest BCUT2D eigenvalue weighted by Crippen LogP contribution is -2.21. The van der Waals surface area contributed by atoms with Gasteiger partial charge in [-0.3, -0.25) is 0 Å². The van der Waals surface area contributed by atoms with Crippen LogP contribution in [0, 0.1) is 0 Å². The maximum absolute atomic E-state index is 6.21. The molecule has 1 nitrogen and oxygen atoms in total. The first-order valence-electron chi connectivity index (χ1n) is 6.83. The average molecular weight is 274 g/mol. The number of rotatable bonds is 6. The Balaban J connectivity index is 2.04. The van der Waals surface area contributed by atoms with Crippen LogP contribution in [-0.2, 0) is 6.42 Å². The van der Waals surface area contributed by atoms with Gasteiger partial charge in [0.15, 0.2) is 0 Å². The summed E-state index contributed by atoms with van der Waals surface area (Å²) in [5.74, 6) is 0. The predicted octanol–water partition coefficient (Wildman–Crippen LogP) is 4.62. The fourth-order valence-corrected chi connectivity index (χ4v) is 2.55. The highest BCUT2D eigenvalue weighted by Crippen LogP contribution is 2.22. The summed E-state index contributed by atoms with van der Waals surface area (Å²) in [6.07, 6.45) is 2.05. The summed E-state index contributed by atoms with van der Waals surface area (Å²) in [4.78, 5) is 0. The lowest BCUT2D eigenvalue weighted by Gasteiger charge is -2.18. The van der Waals surface area contributed by atoms with Gasteiger partial charge in [-0.05, 0) is 36.6 Å². The fourth-order valence-electron chi connectivity index (χ4n) is 2.32. The van der Waals surface area contributed by atoms with Gasteiger partial charge in [-0.2, -0.15) is 0 Å². The van der Waals surface area contributed by atoms with Gasteiger partial charge < -0.3 is 5.32 Å². The molecule has 0 heterocycles. The number of hydrogen-bond donors (Lipinski definition) is 1. The van der Waals surface area contributed by atoms with E-state index in [9.17, 15) is 0 Å². The Morgan fingerprint density at radius 2 is 1.68 bits per heavy atom. The highest BCUT2D eigenvalue weighted by atomic mass is 35.5. The van der Waals surface area contributed by atoms with Crippen molar-refractivity contribution in [2.24, 2.45) is 0 Å². The van der Waals surface area contributed by atoms with E-state index >= 15 is 0 Å². The van der Waals surface area contributed by atoms with Crippen molar-refractivity contribution in [1.82, 2.24) is 5.32 Å². The van der Waals surface area contributed by atoms with Crippen molar-refractivity contribution in [2.45, 2.75) is 25.8 Å². The maximum atomic E-state index is 6.21. The molecule has 0 aromatic heterocycles. The van der Waals surface area contributed by atoms with Crippen LogP contribution >= 0.6 is 11.6 Å². The lowest BCUT2D eigenvalue weighted by molar-refractivity contribution is 0.515. The summed E-state index contributed by atoms with van der Waals surface area (Å²) in [6.45, 7) is 3.12. The Bertz CT molecular complexity index is 496. The molecule has 0 bridgehead atoms. The normalized spacial score (nSPS) is 12.3. The third-order valence-electron chi connectivity index (χ3n) is 3.31. The van der Waals surface area contributed by atoms with Gasteiger partial charge in [0.1, 0.15) is 0 Å². The molecule has 0 spiro atoms. The zero-order chi connectivity index (χ0) is 13.5. The van der Waals surface area contributed by atoms with Gasteiger partial charge in [0.05, 0.1) is 0 Å². The van der Waals surface area contributed by atoms with Crippen LogP contribution in [0.15, 0.2) is 54.6 Å². The minimum atomic E-state index is 0.391. The topological polar surface area (TPSA) is 12.0 Å². The Morgan fingerprint density at radius 3 is 2.37 bits per heavy atom. The number of nitrogens with one attached hydrogen (secondary N) is 1. The van der Waals surface area contributed by atoms with Crippen molar-refractivity contribution in [2.75, 3.05) is 6.54 Å². The monoisotopic (exact) mass is 273 g/mol. The van der Waals surface area contributed by atoms with Crippen LogP contribution in [0.4, 0.5) is 0 Å². The van der Waals surface area contributed by atoms with Gasteiger partial charge in [-0.25, -0.2) is 0 Å². The van der Waals surface area contributed by atoms with Gasteiger partial charge in [-0.1, -0.05) is 67.1 Å². The highest BCUT2D eigenvalue weighted by Gasteiger charge is 2.10. The molecule has 1 unspecified atom stereocenters. The smallest absolute Gasteiger partial charge is 0.0437 e. The van der Waals surface area contributed by atoms with Crippen molar-refractivity contribution < 1.29 is 0 Å². The van der Waals surface area contributed by atoms with Crippen LogP contribution < -0.4 is 5.32 Å². The van der Waals surface area contributed by atoms with E-state index in [4.69, 9.17) is 11.6 Å². The molecule has 2 heteroatoms. The zero-order valence-electron chi connectivity index (χ0n) is 11.3. The molecule has 0 radical (unpaired) electrons. The molecule has 1 N–H and O–H groups in total. The van der Waals surface area contributed by atoms with E-state index < -0.39 is 0 Å². The van der Waals surface area contributed by atoms with Crippen molar-refractivity contribution in [3.05, 3.63) is 70.7 Å². The van der Waals surface area contributed by atoms with Crippen LogP contribution in [0.25, 0.3) is 0 Å². The molecule has 19 heavy (non-hydrogen) atoms. The van der Waals surface area contributed by atoms with Gasteiger partial charge in [0.25, 0.3) is 0 Å². The van der Waals surface area contributed by atoms with Crippen LogP contribution in [-0.4, -0.2) is 6.54 Å². The Kier molecular flexibility index (Phi) is 5.44. The molecule has 0 aliphatic carbocycles. The third kappa shape index (κ3) is 4.09. The number of halogens is 1. The predicted molar refractivity (Wildman–Crippen MR) is 82.6 cm³/mol. The lowest BCUT2D eigenvalue weighted by atomic mass is 9.99. The molecule has 2 aromatic carbocycles. The molecule has 2 aromatic rings. The van der Waals surface area contributed by atoms with Crippen LogP contribution in [0.5, 0.6) is 0 Å². The summed E-state index contributed by atoms with van der Waals surface area (Å²) in [6, 6.07) is 19.1. The zero-order valence-corrected chi connectivity index (χ0v) is 12.0. The molecule has 0 aliphatic rings. The summed E-state index contributed by atoms with van der Waals surface area (Å²) in [5, 5.41) is 4.41. The van der Waals surface area contributed by atoms with E-state index in [0.29, 0.717) is 6.04 Å². The molecule has 100 valence electrons. The van der Waals surface area contributed by atoms with E-state index in [1.54, 1.807) is 0 Å². The first kappa shape index (κ1) is 14.1. The molecule has 0 aliphatic heterocycles. The first-order valence-corrected chi connectivity index (χ1v) is 7.20. The molecular weight excluding hydrogens is 254 g/mol. The SMILES string of the molecule is CCNC(CCc1ccccc1Cl)c1ccccc1. The quantitative estimate of drug-likeness (QED) is 0.810. The largest absolute Gasteiger partial charge is 0.310 e. The minimum Gasteiger partial charge on any atom is -0.310 e. The Labute approximate surface area is 120 Å². The van der Waals surface area contributed by atoms with Crippen LogP contribution in [0.3, 0.4) is 0 Å². The minimum absolute atomic E-state index is 0.391. The average Bonchev–Trinajstić information content (AvgIpc) is 2.46.